The second kappa shape index (κ2) is 7.75. The summed E-state index contributed by atoms with van der Waals surface area (Å²) in [6.07, 6.45) is 2.41. The lowest BCUT2D eigenvalue weighted by atomic mass is 9.98. The van der Waals surface area contributed by atoms with Crippen molar-refractivity contribution in [1.82, 2.24) is 9.62 Å². The summed E-state index contributed by atoms with van der Waals surface area (Å²) in [6.45, 7) is 6.25. The summed E-state index contributed by atoms with van der Waals surface area (Å²) in [4.78, 5) is 25.1. The van der Waals surface area contributed by atoms with Gasteiger partial charge in [0, 0.05) is 18.6 Å². The Balaban J connectivity index is 2.13. The molecule has 1 atom stereocenters. The third-order valence-corrected chi connectivity index (χ3v) is 5.41. The molecule has 2 amide bonds. The lowest BCUT2D eigenvalue weighted by molar-refractivity contribution is -0.120. The van der Waals surface area contributed by atoms with E-state index in [2.05, 4.69) is 10.6 Å². The van der Waals surface area contributed by atoms with E-state index >= 15 is 0 Å². The van der Waals surface area contributed by atoms with Crippen molar-refractivity contribution < 1.29 is 18.0 Å². The first-order chi connectivity index (χ1) is 12.0. The fourth-order valence-electron chi connectivity index (χ4n) is 2.89. The summed E-state index contributed by atoms with van der Waals surface area (Å²) in [5, 5.41) is 5.68. The summed E-state index contributed by atoms with van der Waals surface area (Å²) in [5.41, 5.74) is 0.412. The van der Waals surface area contributed by atoms with E-state index in [0.29, 0.717) is 30.6 Å². The quantitative estimate of drug-likeness (QED) is 0.832. The van der Waals surface area contributed by atoms with Gasteiger partial charge in [-0.05, 0) is 45.7 Å². The Morgan fingerprint density at radius 3 is 2.46 bits per heavy atom. The van der Waals surface area contributed by atoms with E-state index in [0.717, 1.165) is 6.26 Å². The largest absolute Gasteiger partial charge is 0.347 e. The zero-order valence-corrected chi connectivity index (χ0v) is 16.5. The predicted octanol–water partition coefficient (Wildman–Crippen LogP) is 1.83. The van der Waals surface area contributed by atoms with Crippen LogP contribution in [0.5, 0.6) is 0 Å². The summed E-state index contributed by atoms with van der Waals surface area (Å²) in [5.74, 6) is -0.971. The van der Waals surface area contributed by atoms with Gasteiger partial charge in [-0.1, -0.05) is 12.1 Å². The van der Waals surface area contributed by atoms with Gasteiger partial charge in [-0.3, -0.25) is 9.59 Å². The van der Waals surface area contributed by atoms with E-state index in [9.17, 15) is 18.0 Å². The topological polar surface area (TPSA) is 95.6 Å². The van der Waals surface area contributed by atoms with Gasteiger partial charge in [0.15, 0.2) is 0 Å². The molecule has 0 saturated carbocycles. The van der Waals surface area contributed by atoms with Crippen LogP contribution in [-0.2, 0) is 14.8 Å². The van der Waals surface area contributed by atoms with Gasteiger partial charge in [-0.2, -0.15) is 0 Å². The van der Waals surface area contributed by atoms with Crippen LogP contribution in [-0.4, -0.2) is 49.4 Å². The third-order valence-electron chi connectivity index (χ3n) is 4.14. The van der Waals surface area contributed by atoms with E-state index in [1.165, 1.54) is 4.31 Å². The van der Waals surface area contributed by atoms with Gasteiger partial charge in [0.25, 0.3) is 5.91 Å². The van der Waals surface area contributed by atoms with Gasteiger partial charge < -0.3 is 10.6 Å². The molecule has 1 aliphatic heterocycles. The number of hydrogen-bond acceptors (Lipinski definition) is 4. The zero-order valence-electron chi connectivity index (χ0n) is 15.7. The molecular formula is C18H27N3O4S. The van der Waals surface area contributed by atoms with Crippen molar-refractivity contribution in [2.75, 3.05) is 24.7 Å². The minimum atomic E-state index is -3.32. The molecule has 1 aromatic carbocycles. The zero-order chi connectivity index (χ0) is 19.5. The summed E-state index contributed by atoms with van der Waals surface area (Å²) >= 11 is 0. The number of sulfonamides is 1. The van der Waals surface area contributed by atoms with Crippen LogP contribution in [0.2, 0.25) is 0 Å². The van der Waals surface area contributed by atoms with E-state index in [1.807, 2.05) is 20.8 Å². The van der Waals surface area contributed by atoms with Crippen molar-refractivity contribution in [3.05, 3.63) is 29.8 Å². The fourth-order valence-corrected chi connectivity index (χ4v) is 3.80. The van der Waals surface area contributed by atoms with Crippen molar-refractivity contribution >= 4 is 27.5 Å². The van der Waals surface area contributed by atoms with Crippen LogP contribution >= 0.6 is 0 Å². The molecule has 1 saturated heterocycles. The highest BCUT2D eigenvalue weighted by atomic mass is 32.2. The van der Waals surface area contributed by atoms with Gasteiger partial charge in [0.2, 0.25) is 15.9 Å². The van der Waals surface area contributed by atoms with Gasteiger partial charge in [-0.15, -0.1) is 0 Å². The molecule has 1 heterocycles. The van der Waals surface area contributed by atoms with Crippen LogP contribution in [0.3, 0.4) is 0 Å². The second-order valence-corrected chi connectivity index (χ2v) is 9.68. The number of nitrogens with one attached hydrogen (secondary N) is 2. The van der Waals surface area contributed by atoms with Crippen LogP contribution in [0.1, 0.15) is 44.0 Å². The standard InChI is InChI=1S/C18H27N3O4S/c1-18(2,3)20-17(23)14-9-5-6-10-15(14)19-16(22)13-8-7-11-21(12-13)26(4,24)25/h5-6,9-10,13H,7-8,11-12H2,1-4H3,(H,19,22)(H,20,23)/t13-/m1/s1. The maximum Gasteiger partial charge on any atom is 0.253 e. The average Bonchev–Trinajstić information content (AvgIpc) is 2.53. The smallest absolute Gasteiger partial charge is 0.253 e. The molecule has 0 spiro atoms. The van der Waals surface area contributed by atoms with Crippen molar-refractivity contribution in [2.24, 2.45) is 5.92 Å². The number of nitrogens with zero attached hydrogens (tertiary/aromatic N) is 1. The maximum absolute atomic E-state index is 12.6. The molecule has 1 aliphatic rings. The van der Waals surface area contributed by atoms with E-state index in [-0.39, 0.29) is 18.4 Å². The molecule has 7 nitrogen and oxygen atoms in total. The van der Waals surface area contributed by atoms with Gasteiger partial charge in [-0.25, -0.2) is 12.7 Å². The molecule has 0 aliphatic carbocycles. The molecule has 1 aromatic rings. The van der Waals surface area contributed by atoms with Crippen molar-refractivity contribution in [3.63, 3.8) is 0 Å². The lowest BCUT2D eigenvalue weighted by Crippen LogP contribution is -2.43. The molecule has 144 valence electrons. The Labute approximate surface area is 155 Å². The van der Waals surface area contributed by atoms with E-state index in [1.54, 1.807) is 24.3 Å². The predicted molar refractivity (Wildman–Crippen MR) is 101 cm³/mol. The van der Waals surface area contributed by atoms with Crippen LogP contribution < -0.4 is 10.6 Å². The Hall–Kier alpha value is -1.93. The van der Waals surface area contributed by atoms with Crippen LogP contribution in [0.15, 0.2) is 24.3 Å². The SMILES string of the molecule is CC(C)(C)NC(=O)c1ccccc1NC(=O)[C@@H]1CCCN(S(C)(=O)=O)C1. The Bertz CT molecular complexity index is 784. The van der Waals surface area contributed by atoms with E-state index in [4.69, 9.17) is 0 Å². The van der Waals surface area contributed by atoms with Gasteiger partial charge >= 0.3 is 0 Å². The number of carbonyl (C=O) groups is 2. The maximum atomic E-state index is 12.6. The number of carbonyl (C=O) groups excluding carboxylic acids is 2. The highest BCUT2D eigenvalue weighted by molar-refractivity contribution is 7.88. The Kier molecular flexibility index (Phi) is 6.08. The van der Waals surface area contributed by atoms with Gasteiger partial charge in [0.05, 0.1) is 23.4 Å². The Morgan fingerprint density at radius 2 is 1.85 bits per heavy atom. The number of anilines is 1. The minimum Gasteiger partial charge on any atom is -0.347 e. The summed E-state index contributed by atoms with van der Waals surface area (Å²) in [7, 11) is -3.32. The second-order valence-electron chi connectivity index (χ2n) is 7.70. The van der Waals surface area contributed by atoms with Gasteiger partial charge in [0.1, 0.15) is 0 Å². The molecule has 0 aromatic heterocycles. The lowest BCUT2D eigenvalue weighted by Gasteiger charge is -2.30. The van der Waals surface area contributed by atoms with Crippen molar-refractivity contribution in [1.29, 1.82) is 0 Å². The van der Waals surface area contributed by atoms with Crippen LogP contribution in [0.4, 0.5) is 5.69 Å². The van der Waals surface area contributed by atoms with Crippen LogP contribution in [0.25, 0.3) is 0 Å². The number of rotatable bonds is 4. The molecule has 26 heavy (non-hydrogen) atoms. The number of para-hydroxylation sites is 1. The number of piperidine rings is 1. The molecular weight excluding hydrogens is 354 g/mol. The average molecular weight is 381 g/mol. The molecule has 8 heteroatoms. The Morgan fingerprint density at radius 1 is 1.19 bits per heavy atom. The highest BCUT2D eigenvalue weighted by Gasteiger charge is 2.30. The first kappa shape index (κ1) is 20.4. The highest BCUT2D eigenvalue weighted by Crippen LogP contribution is 2.22. The van der Waals surface area contributed by atoms with Crippen molar-refractivity contribution in [3.8, 4) is 0 Å². The molecule has 0 radical (unpaired) electrons. The van der Waals surface area contributed by atoms with Crippen molar-refractivity contribution in [2.45, 2.75) is 39.2 Å². The summed E-state index contributed by atoms with van der Waals surface area (Å²) in [6, 6.07) is 6.80. The number of hydrogen-bond donors (Lipinski definition) is 2. The first-order valence-electron chi connectivity index (χ1n) is 8.65. The monoisotopic (exact) mass is 381 g/mol. The minimum absolute atomic E-state index is 0.168. The third kappa shape index (κ3) is 5.54. The van der Waals surface area contributed by atoms with E-state index < -0.39 is 21.5 Å². The summed E-state index contributed by atoms with van der Waals surface area (Å²) < 4.78 is 24.8. The fraction of sp³-hybridized carbons (Fsp3) is 0.556. The molecule has 2 N–H and O–H groups in total. The molecule has 1 fully saturated rings. The molecule has 0 bridgehead atoms. The number of benzene rings is 1. The molecule has 2 rings (SSSR count). The number of amides is 2. The normalized spacial score (nSPS) is 19.0. The molecule has 0 unspecified atom stereocenters. The van der Waals surface area contributed by atoms with Crippen LogP contribution in [0, 0.1) is 5.92 Å². The first-order valence-corrected chi connectivity index (χ1v) is 10.5.